The molecule has 1 aromatic heterocycles. The van der Waals surface area contributed by atoms with Gasteiger partial charge in [-0.25, -0.2) is 4.98 Å². The van der Waals surface area contributed by atoms with Crippen LogP contribution in [0.4, 0.5) is 0 Å². The zero-order chi connectivity index (χ0) is 13.1. The van der Waals surface area contributed by atoms with Gasteiger partial charge in [0.05, 0.1) is 16.8 Å². The average Bonchev–Trinajstić information content (AvgIpc) is 2.35. The zero-order valence-corrected chi connectivity index (χ0v) is 13.5. The van der Waals surface area contributed by atoms with Crippen LogP contribution in [0.5, 0.6) is 0 Å². The lowest BCUT2D eigenvalue weighted by Crippen LogP contribution is -2.00. The molecule has 0 atom stereocenters. The molecule has 6 heteroatoms. The lowest BCUT2D eigenvalue weighted by atomic mass is 10.2. The third kappa shape index (κ3) is 2.88. The van der Waals surface area contributed by atoms with Crippen molar-refractivity contribution >= 4 is 44.1 Å². The highest BCUT2D eigenvalue weighted by molar-refractivity contribution is 9.11. The van der Waals surface area contributed by atoms with Gasteiger partial charge in [0, 0.05) is 17.1 Å². The van der Waals surface area contributed by atoms with Gasteiger partial charge in [-0.15, -0.1) is 0 Å². The molecule has 1 heterocycles. The minimum Gasteiger partial charge on any atom is -0.378 e. The molecule has 2 rings (SSSR count). The summed E-state index contributed by atoms with van der Waals surface area (Å²) in [5.74, 6) is 0.725. The summed E-state index contributed by atoms with van der Waals surface area (Å²) in [7, 11) is 1.64. The van der Waals surface area contributed by atoms with Crippen LogP contribution < -0.4 is 0 Å². The van der Waals surface area contributed by atoms with E-state index in [1.165, 1.54) is 0 Å². The van der Waals surface area contributed by atoms with Crippen molar-refractivity contribution in [2.75, 3.05) is 7.11 Å². The molecule has 2 aromatic rings. The first kappa shape index (κ1) is 13.9. The molecule has 94 valence electrons. The van der Waals surface area contributed by atoms with E-state index in [4.69, 9.17) is 17.0 Å². The summed E-state index contributed by atoms with van der Waals surface area (Å²) >= 11 is 12.2. The van der Waals surface area contributed by atoms with E-state index in [9.17, 15) is 0 Å². The minimum atomic E-state index is 0.449. The Morgan fingerprint density at radius 3 is 2.72 bits per heavy atom. The van der Waals surface area contributed by atoms with Crippen molar-refractivity contribution < 1.29 is 4.74 Å². The molecule has 18 heavy (non-hydrogen) atoms. The van der Waals surface area contributed by atoms with Crippen LogP contribution >= 0.6 is 44.1 Å². The molecule has 3 nitrogen and oxygen atoms in total. The van der Waals surface area contributed by atoms with E-state index in [1.54, 1.807) is 7.11 Å². The Kier molecular flexibility index (Phi) is 4.66. The van der Waals surface area contributed by atoms with E-state index in [0.29, 0.717) is 11.2 Å². The van der Waals surface area contributed by atoms with Crippen molar-refractivity contribution in [3.05, 3.63) is 43.5 Å². The smallest absolute Gasteiger partial charge is 0.144 e. The maximum atomic E-state index is 5.24. The highest BCUT2D eigenvalue weighted by Gasteiger charge is 2.09. The van der Waals surface area contributed by atoms with Crippen LogP contribution in [0.3, 0.4) is 0 Å². The molecule has 0 bridgehead atoms. The van der Waals surface area contributed by atoms with Gasteiger partial charge in [-0.2, -0.15) is 0 Å². The number of nitrogens with zero attached hydrogens (tertiary/aromatic N) is 1. The average molecular weight is 390 g/mol. The molecule has 0 amide bonds. The third-order valence-electron chi connectivity index (χ3n) is 2.35. The highest BCUT2D eigenvalue weighted by Crippen LogP contribution is 2.27. The van der Waals surface area contributed by atoms with Crippen molar-refractivity contribution in [2.45, 2.75) is 6.61 Å². The van der Waals surface area contributed by atoms with E-state index < -0.39 is 0 Å². The SMILES string of the molecule is COCc1[nH]c(-c2ccccc2Br)nc(=S)c1Br. The number of aromatic amines is 1. The molecule has 1 aromatic carbocycles. The van der Waals surface area contributed by atoms with E-state index in [0.717, 1.165) is 26.0 Å². The van der Waals surface area contributed by atoms with Gasteiger partial charge in [-0.05, 0) is 22.0 Å². The topological polar surface area (TPSA) is 37.9 Å². The second-order valence-corrected chi connectivity index (χ2v) is 5.63. The molecule has 0 saturated heterocycles. The van der Waals surface area contributed by atoms with Gasteiger partial charge < -0.3 is 9.72 Å². The molecule has 0 saturated carbocycles. The number of hydrogen-bond acceptors (Lipinski definition) is 3. The van der Waals surface area contributed by atoms with Crippen LogP contribution in [0, 0.1) is 4.64 Å². The van der Waals surface area contributed by atoms with Gasteiger partial charge in [-0.3, -0.25) is 0 Å². The molecule has 0 aliphatic carbocycles. The first-order valence-corrected chi connectivity index (χ1v) is 7.15. The van der Waals surface area contributed by atoms with Crippen LogP contribution in [-0.2, 0) is 11.3 Å². The van der Waals surface area contributed by atoms with Gasteiger partial charge in [0.15, 0.2) is 0 Å². The number of hydrogen-bond donors (Lipinski definition) is 1. The van der Waals surface area contributed by atoms with Crippen LogP contribution in [0.15, 0.2) is 33.2 Å². The summed E-state index contributed by atoms with van der Waals surface area (Å²) in [6.07, 6.45) is 0. The number of halogens is 2. The molecular formula is C12H10Br2N2OS. The maximum Gasteiger partial charge on any atom is 0.144 e. The molecule has 0 radical (unpaired) electrons. The van der Waals surface area contributed by atoms with Gasteiger partial charge in [-0.1, -0.05) is 46.3 Å². The van der Waals surface area contributed by atoms with E-state index in [-0.39, 0.29) is 0 Å². The number of rotatable bonds is 3. The molecule has 0 fully saturated rings. The first-order chi connectivity index (χ1) is 8.63. The summed E-state index contributed by atoms with van der Waals surface area (Å²) in [6.45, 7) is 0.449. The predicted octanol–water partition coefficient (Wildman–Crippen LogP) is 4.48. The van der Waals surface area contributed by atoms with E-state index in [1.807, 2.05) is 24.3 Å². The van der Waals surface area contributed by atoms with Crippen LogP contribution in [0.2, 0.25) is 0 Å². The van der Waals surface area contributed by atoms with E-state index >= 15 is 0 Å². The quantitative estimate of drug-likeness (QED) is 0.786. The number of nitrogens with one attached hydrogen (secondary N) is 1. The predicted molar refractivity (Wildman–Crippen MR) is 81.0 cm³/mol. The van der Waals surface area contributed by atoms with Gasteiger partial charge in [0.2, 0.25) is 0 Å². The van der Waals surface area contributed by atoms with Gasteiger partial charge in [0.1, 0.15) is 10.5 Å². The fourth-order valence-corrected chi connectivity index (χ4v) is 2.52. The second kappa shape index (κ2) is 6.06. The second-order valence-electron chi connectivity index (χ2n) is 3.60. The molecular weight excluding hydrogens is 380 g/mol. The summed E-state index contributed by atoms with van der Waals surface area (Å²) in [5.41, 5.74) is 1.84. The largest absolute Gasteiger partial charge is 0.378 e. The molecule has 0 aliphatic heterocycles. The summed E-state index contributed by atoms with van der Waals surface area (Å²) < 4.78 is 7.40. The fourth-order valence-electron chi connectivity index (χ4n) is 1.53. The Balaban J connectivity index is 2.59. The Morgan fingerprint density at radius 2 is 2.06 bits per heavy atom. The number of H-pyrrole nitrogens is 1. The van der Waals surface area contributed by atoms with Gasteiger partial charge in [0.25, 0.3) is 0 Å². The minimum absolute atomic E-state index is 0.449. The van der Waals surface area contributed by atoms with Crippen molar-refractivity contribution in [1.29, 1.82) is 0 Å². The highest BCUT2D eigenvalue weighted by atomic mass is 79.9. The monoisotopic (exact) mass is 388 g/mol. The number of ether oxygens (including phenoxy) is 1. The molecule has 0 aliphatic rings. The van der Waals surface area contributed by atoms with Crippen LogP contribution in [0.1, 0.15) is 5.69 Å². The normalized spacial score (nSPS) is 10.6. The Hall–Kier alpha value is -0.560. The van der Waals surface area contributed by atoms with Crippen LogP contribution in [-0.4, -0.2) is 17.1 Å². The fraction of sp³-hybridized carbons (Fsp3) is 0.167. The lowest BCUT2D eigenvalue weighted by molar-refractivity contribution is 0.181. The molecule has 0 unspecified atom stereocenters. The lowest BCUT2D eigenvalue weighted by Gasteiger charge is -2.09. The number of methoxy groups -OCH3 is 1. The number of benzene rings is 1. The summed E-state index contributed by atoms with van der Waals surface area (Å²) in [5, 5.41) is 0. The van der Waals surface area contributed by atoms with Crippen molar-refractivity contribution in [3.63, 3.8) is 0 Å². The maximum absolute atomic E-state index is 5.24. The van der Waals surface area contributed by atoms with Crippen molar-refractivity contribution in [1.82, 2.24) is 9.97 Å². The van der Waals surface area contributed by atoms with Crippen LogP contribution in [0.25, 0.3) is 11.4 Å². The van der Waals surface area contributed by atoms with Crippen molar-refractivity contribution in [3.8, 4) is 11.4 Å². The number of aromatic nitrogens is 2. The Bertz CT molecular complexity index is 628. The Labute approximate surface area is 127 Å². The third-order valence-corrected chi connectivity index (χ3v) is 4.46. The Morgan fingerprint density at radius 1 is 1.33 bits per heavy atom. The van der Waals surface area contributed by atoms with Crippen molar-refractivity contribution in [2.24, 2.45) is 0 Å². The molecule has 1 N–H and O–H groups in total. The zero-order valence-electron chi connectivity index (χ0n) is 9.54. The standard InChI is InChI=1S/C12H10Br2N2OS/c1-17-6-9-10(14)12(18)16-11(15-9)7-4-2-3-5-8(7)13/h2-5H,6H2,1H3,(H,15,16,18). The van der Waals surface area contributed by atoms with Gasteiger partial charge >= 0.3 is 0 Å². The first-order valence-electron chi connectivity index (χ1n) is 5.16. The summed E-state index contributed by atoms with van der Waals surface area (Å²) in [4.78, 5) is 7.61. The molecule has 0 spiro atoms. The van der Waals surface area contributed by atoms with E-state index in [2.05, 4.69) is 41.8 Å². The summed E-state index contributed by atoms with van der Waals surface area (Å²) in [6, 6.07) is 7.85.